The monoisotopic (exact) mass is 404 g/mol. The number of nitriles is 2. The molecular weight excluding hydrogens is 393 g/mol. The van der Waals surface area contributed by atoms with E-state index in [1.807, 2.05) is 12.1 Å². The largest absolute Gasteiger partial charge is 0.457 e. The van der Waals surface area contributed by atoms with Crippen LogP contribution in [-0.2, 0) is 0 Å². The fourth-order valence-corrected chi connectivity index (χ4v) is 2.55. The molecule has 0 N–H and O–H groups in total. The van der Waals surface area contributed by atoms with E-state index in [4.69, 9.17) is 15.3 Å². The van der Waals surface area contributed by atoms with Gasteiger partial charge in [-0.15, -0.1) is 0 Å². The predicted octanol–water partition coefficient (Wildman–Crippen LogP) is 5.54. The molecular formula is C23H11F3N2O2. The van der Waals surface area contributed by atoms with Gasteiger partial charge in [-0.1, -0.05) is 12.1 Å². The minimum atomic E-state index is -1.32. The predicted molar refractivity (Wildman–Crippen MR) is 102 cm³/mol. The Morgan fingerprint density at radius 2 is 1.53 bits per heavy atom. The summed E-state index contributed by atoms with van der Waals surface area (Å²) < 4.78 is 45.5. The van der Waals surface area contributed by atoms with E-state index in [1.54, 1.807) is 12.1 Å². The number of hydrogen-bond acceptors (Lipinski definition) is 4. The van der Waals surface area contributed by atoms with E-state index in [2.05, 4.69) is 0 Å². The molecule has 0 aliphatic heterocycles. The van der Waals surface area contributed by atoms with Crippen molar-refractivity contribution in [1.82, 2.24) is 0 Å². The zero-order valence-electron chi connectivity index (χ0n) is 15.2. The molecule has 30 heavy (non-hydrogen) atoms. The highest BCUT2D eigenvalue weighted by Crippen LogP contribution is 2.25. The Labute approximate surface area is 169 Å². The van der Waals surface area contributed by atoms with Crippen LogP contribution in [0.4, 0.5) is 13.2 Å². The van der Waals surface area contributed by atoms with Crippen molar-refractivity contribution in [3.05, 3.63) is 100 Å². The highest BCUT2D eigenvalue weighted by Gasteiger charge is 2.10. The summed E-state index contributed by atoms with van der Waals surface area (Å²) >= 11 is 0. The number of allylic oxidation sites excluding steroid dienone is 1. The standard InChI is InChI=1S/C23H11F3N2O2/c24-20-11-22(26)21(25)10-14(20)5-7-23(29)15-2-1-3-18(8-15)30-19-6-4-16(12-27)17(9-19)13-28/h1-11H/b7-5+. The second-order valence-corrected chi connectivity index (χ2v) is 6.05. The molecule has 0 saturated heterocycles. The molecule has 0 atom stereocenters. The summed E-state index contributed by atoms with van der Waals surface area (Å²) in [6.45, 7) is 0. The molecule has 0 saturated carbocycles. The molecule has 0 heterocycles. The van der Waals surface area contributed by atoms with Gasteiger partial charge >= 0.3 is 0 Å². The van der Waals surface area contributed by atoms with Gasteiger partial charge in [-0.3, -0.25) is 4.79 Å². The summed E-state index contributed by atoms with van der Waals surface area (Å²) in [5.74, 6) is -3.45. The smallest absolute Gasteiger partial charge is 0.185 e. The van der Waals surface area contributed by atoms with Crippen LogP contribution in [0.2, 0.25) is 0 Å². The molecule has 3 aromatic rings. The number of ketones is 1. The Morgan fingerprint density at radius 1 is 0.833 bits per heavy atom. The van der Waals surface area contributed by atoms with Gasteiger partial charge in [-0.25, -0.2) is 13.2 Å². The molecule has 3 aromatic carbocycles. The van der Waals surface area contributed by atoms with Crippen molar-refractivity contribution in [2.24, 2.45) is 0 Å². The van der Waals surface area contributed by atoms with E-state index in [9.17, 15) is 18.0 Å². The van der Waals surface area contributed by atoms with E-state index in [0.29, 0.717) is 23.6 Å². The number of ether oxygens (including phenoxy) is 1. The summed E-state index contributed by atoms with van der Waals surface area (Å²) in [5, 5.41) is 18.0. The first-order valence-corrected chi connectivity index (χ1v) is 8.50. The average molecular weight is 404 g/mol. The van der Waals surface area contributed by atoms with Crippen LogP contribution < -0.4 is 4.74 Å². The van der Waals surface area contributed by atoms with Crippen molar-refractivity contribution in [1.29, 1.82) is 10.5 Å². The minimum Gasteiger partial charge on any atom is -0.457 e. The molecule has 146 valence electrons. The Morgan fingerprint density at radius 3 is 2.27 bits per heavy atom. The van der Waals surface area contributed by atoms with E-state index in [1.165, 1.54) is 30.3 Å². The molecule has 0 bridgehead atoms. The van der Waals surface area contributed by atoms with Gasteiger partial charge in [0.05, 0.1) is 11.1 Å². The maximum Gasteiger partial charge on any atom is 0.185 e. The third-order valence-corrected chi connectivity index (χ3v) is 4.04. The summed E-state index contributed by atoms with van der Waals surface area (Å²) in [6.07, 6.45) is 2.08. The quantitative estimate of drug-likeness (QED) is 0.318. The van der Waals surface area contributed by atoms with E-state index < -0.39 is 23.2 Å². The molecule has 7 heteroatoms. The third-order valence-electron chi connectivity index (χ3n) is 4.04. The maximum absolute atomic E-state index is 13.7. The van der Waals surface area contributed by atoms with Crippen LogP contribution in [-0.4, -0.2) is 5.78 Å². The molecule has 0 aliphatic carbocycles. The van der Waals surface area contributed by atoms with Crippen molar-refractivity contribution in [3.8, 4) is 23.6 Å². The SMILES string of the molecule is N#Cc1ccc(Oc2cccc(C(=O)/C=C/c3cc(F)c(F)cc3F)c2)cc1C#N. The minimum absolute atomic E-state index is 0.152. The van der Waals surface area contributed by atoms with Crippen LogP contribution in [0.5, 0.6) is 11.5 Å². The van der Waals surface area contributed by atoms with Gasteiger partial charge in [-0.05, 0) is 48.6 Å². The highest BCUT2D eigenvalue weighted by molar-refractivity contribution is 6.07. The first-order valence-electron chi connectivity index (χ1n) is 8.50. The normalized spacial score (nSPS) is 10.4. The van der Waals surface area contributed by atoms with Crippen LogP contribution in [0, 0.1) is 40.1 Å². The zero-order valence-corrected chi connectivity index (χ0v) is 15.2. The number of hydrogen-bond donors (Lipinski definition) is 0. The maximum atomic E-state index is 13.7. The van der Waals surface area contributed by atoms with Crippen LogP contribution in [0.3, 0.4) is 0 Å². The number of halogens is 3. The lowest BCUT2D eigenvalue weighted by atomic mass is 10.1. The number of carbonyl (C=O) groups excluding carboxylic acids is 1. The molecule has 0 aromatic heterocycles. The van der Waals surface area contributed by atoms with Gasteiger partial charge in [0, 0.05) is 17.2 Å². The van der Waals surface area contributed by atoms with Gasteiger partial charge in [0.1, 0.15) is 29.5 Å². The van der Waals surface area contributed by atoms with E-state index >= 15 is 0 Å². The zero-order chi connectivity index (χ0) is 21.7. The number of benzene rings is 3. The van der Waals surface area contributed by atoms with Gasteiger partial charge < -0.3 is 4.74 Å². The number of carbonyl (C=O) groups is 1. The van der Waals surface area contributed by atoms with Crippen molar-refractivity contribution in [3.63, 3.8) is 0 Å². The summed E-state index contributed by atoms with van der Waals surface area (Å²) in [7, 11) is 0. The molecule has 0 spiro atoms. The molecule has 3 rings (SSSR count). The molecule has 4 nitrogen and oxygen atoms in total. The molecule has 0 unspecified atom stereocenters. The van der Waals surface area contributed by atoms with Gasteiger partial charge in [0.25, 0.3) is 0 Å². The van der Waals surface area contributed by atoms with E-state index in [0.717, 1.165) is 12.2 Å². The lowest BCUT2D eigenvalue weighted by molar-refractivity contribution is 0.104. The summed E-state index contributed by atoms with van der Waals surface area (Å²) in [6, 6.07) is 15.3. The molecule has 0 fully saturated rings. The number of rotatable bonds is 5. The van der Waals surface area contributed by atoms with Crippen LogP contribution in [0.1, 0.15) is 27.0 Å². The van der Waals surface area contributed by atoms with Crippen LogP contribution in [0.15, 0.2) is 60.7 Å². The Bertz CT molecular complexity index is 1250. The van der Waals surface area contributed by atoms with Gasteiger partial charge in [-0.2, -0.15) is 10.5 Å². The molecule has 0 radical (unpaired) electrons. The fourth-order valence-electron chi connectivity index (χ4n) is 2.55. The Hall–Kier alpha value is -4.36. The van der Waals surface area contributed by atoms with Crippen LogP contribution >= 0.6 is 0 Å². The lowest BCUT2D eigenvalue weighted by Crippen LogP contribution is -1.96. The van der Waals surface area contributed by atoms with Gasteiger partial charge in [0.15, 0.2) is 17.4 Å². The number of nitrogens with zero attached hydrogens (tertiary/aromatic N) is 2. The van der Waals surface area contributed by atoms with Crippen LogP contribution in [0.25, 0.3) is 6.08 Å². The van der Waals surface area contributed by atoms with Crippen molar-refractivity contribution in [2.75, 3.05) is 0 Å². The fraction of sp³-hybridized carbons (Fsp3) is 0. The molecule has 0 aliphatic rings. The van der Waals surface area contributed by atoms with Crippen molar-refractivity contribution < 1.29 is 22.7 Å². The Balaban J connectivity index is 1.80. The van der Waals surface area contributed by atoms with Gasteiger partial charge in [0.2, 0.25) is 0 Å². The highest BCUT2D eigenvalue weighted by atomic mass is 19.2. The second-order valence-electron chi connectivity index (χ2n) is 6.05. The summed E-state index contributed by atoms with van der Waals surface area (Å²) in [4.78, 5) is 12.4. The topological polar surface area (TPSA) is 73.9 Å². The first kappa shape index (κ1) is 20.4. The third kappa shape index (κ3) is 4.54. The second kappa shape index (κ2) is 8.76. The first-order chi connectivity index (χ1) is 14.4. The lowest BCUT2D eigenvalue weighted by Gasteiger charge is -2.07. The van der Waals surface area contributed by atoms with E-state index in [-0.39, 0.29) is 22.3 Å². The Kier molecular flexibility index (Phi) is 5.95. The molecule has 0 amide bonds. The van der Waals surface area contributed by atoms with Crippen molar-refractivity contribution >= 4 is 11.9 Å². The van der Waals surface area contributed by atoms with Crippen molar-refractivity contribution in [2.45, 2.75) is 0 Å². The summed E-state index contributed by atoms with van der Waals surface area (Å²) in [5.41, 5.74) is 0.305. The average Bonchev–Trinajstić information content (AvgIpc) is 2.75.